The summed E-state index contributed by atoms with van der Waals surface area (Å²) in [4.78, 5) is 7.89. The number of rotatable bonds is 3. The van der Waals surface area contributed by atoms with E-state index in [1.165, 1.54) is 12.8 Å². The molecule has 0 bridgehead atoms. The van der Waals surface area contributed by atoms with Crippen molar-refractivity contribution in [2.24, 2.45) is 5.41 Å². The number of hydrogen-bond acceptors (Lipinski definition) is 1. The van der Waals surface area contributed by atoms with Crippen LogP contribution in [-0.4, -0.2) is 9.97 Å². The van der Waals surface area contributed by atoms with Crippen LogP contribution in [0.25, 0.3) is 11.0 Å². The zero-order valence-electron chi connectivity index (χ0n) is 9.16. The first-order valence-electron chi connectivity index (χ1n) is 5.73. The SMILES string of the molecule is C#CC1(CCc2nc3ccccc3[nH]2)CC1. The predicted molar refractivity (Wildman–Crippen MR) is 64.9 cm³/mol. The minimum atomic E-state index is 0.193. The number of fused-ring (bicyclic) bond motifs is 1. The monoisotopic (exact) mass is 210 g/mol. The summed E-state index contributed by atoms with van der Waals surface area (Å²) < 4.78 is 0. The van der Waals surface area contributed by atoms with Gasteiger partial charge in [0.2, 0.25) is 0 Å². The van der Waals surface area contributed by atoms with Crippen molar-refractivity contribution in [2.45, 2.75) is 25.7 Å². The summed E-state index contributed by atoms with van der Waals surface area (Å²) in [5, 5.41) is 0. The smallest absolute Gasteiger partial charge is 0.107 e. The summed E-state index contributed by atoms with van der Waals surface area (Å²) in [6, 6.07) is 8.12. The number of imidazole rings is 1. The van der Waals surface area contributed by atoms with Crippen LogP contribution in [0.4, 0.5) is 0 Å². The van der Waals surface area contributed by atoms with Crippen molar-refractivity contribution < 1.29 is 0 Å². The lowest BCUT2D eigenvalue weighted by atomic mass is 10.0. The topological polar surface area (TPSA) is 28.7 Å². The van der Waals surface area contributed by atoms with Gasteiger partial charge in [-0.25, -0.2) is 4.98 Å². The number of H-pyrrole nitrogens is 1. The lowest BCUT2D eigenvalue weighted by Gasteiger charge is -2.03. The van der Waals surface area contributed by atoms with Gasteiger partial charge in [-0.1, -0.05) is 18.1 Å². The van der Waals surface area contributed by atoms with Crippen molar-refractivity contribution in [3.8, 4) is 12.3 Å². The fourth-order valence-electron chi connectivity index (χ4n) is 2.10. The number of nitrogens with zero attached hydrogens (tertiary/aromatic N) is 1. The van der Waals surface area contributed by atoms with Crippen molar-refractivity contribution in [2.75, 3.05) is 0 Å². The Morgan fingerprint density at radius 1 is 1.38 bits per heavy atom. The second-order valence-corrected chi connectivity index (χ2v) is 4.63. The molecule has 2 nitrogen and oxygen atoms in total. The number of terminal acetylenes is 1. The van der Waals surface area contributed by atoms with E-state index in [4.69, 9.17) is 6.42 Å². The Morgan fingerprint density at radius 2 is 2.19 bits per heavy atom. The molecule has 2 aromatic rings. The highest BCUT2D eigenvalue weighted by Crippen LogP contribution is 2.48. The maximum atomic E-state index is 5.53. The van der Waals surface area contributed by atoms with E-state index in [2.05, 4.69) is 22.0 Å². The first-order valence-corrected chi connectivity index (χ1v) is 5.73. The summed E-state index contributed by atoms with van der Waals surface area (Å²) in [6.45, 7) is 0. The highest BCUT2D eigenvalue weighted by Gasteiger charge is 2.40. The molecule has 0 radical (unpaired) electrons. The third kappa shape index (κ3) is 1.59. The number of nitrogens with one attached hydrogen (secondary N) is 1. The zero-order chi connectivity index (χ0) is 11.0. The van der Waals surface area contributed by atoms with Crippen LogP contribution < -0.4 is 0 Å². The van der Waals surface area contributed by atoms with Gasteiger partial charge < -0.3 is 4.98 Å². The molecule has 1 heterocycles. The molecule has 80 valence electrons. The summed E-state index contributed by atoms with van der Waals surface area (Å²) in [6.07, 6.45) is 9.91. The molecule has 1 aromatic carbocycles. The van der Waals surface area contributed by atoms with Gasteiger partial charge in [-0.15, -0.1) is 6.42 Å². The van der Waals surface area contributed by atoms with Gasteiger partial charge in [0.15, 0.2) is 0 Å². The maximum Gasteiger partial charge on any atom is 0.107 e. The Kier molecular flexibility index (Phi) is 2.00. The molecule has 1 aliphatic rings. The molecule has 0 aliphatic heterocycles. The van der Waals surface area contributed by atoms with E-state index in [0.717, 1.165) is 29.7 Å². The average Bonchev–Trinajstić information content (AvgIpc) is 2.98. The minimum absolute atomic E-state index is 0.193. The minimum Gasteiger partial charge on any atom is -0.342 e. The molecule has 0 amide bonds. The standard InChI is InChI=1S/C14H14N2/c1-2-14(9-10-14)8-7-13-15-11-5-3-4-6-12(11)16-13/h1,3-6H,7-10H2,(H,15,16). The summed E-state index contributed by atoms with van der Waals surface area (Å²) in [5.74, 6) is 3.97. The molecule has 0 atom stereocenters. The predicted octanol–water partition coefficient (Wildman–Crippen LogP) is 2.91. The van der Waals surface area contributed by atoms with Gasteiger partial charge in [-0.2, -0.15) is 0 Å². The van der Waals surface area contributed by atoms with Crippen LogP contribution in [0.5, 0.6) is 0 Å². The van der Waals surface area contributed by atoms with Crippen LogP contribution in [0, 0.1) is 17.8 Å². The van der Waals surface area contributed by atoms with Crippen molar-refractivity contribution in [3.63, 3.8) is 0 Å². The average molecular weight is 210 g/mol. The fourth-order valence-corrected chi connectivity index (χ4v) is 2.10. The van der Waals surface area contributed by atoms with E-state index >= 15 is 0 Å². The molecule has 1 aliphatic carbocycles. The molecule has 3 rings (SSSR count). The Hall–Kier alpha value is -1.75. The van der Waals surface area contributed by atoms with E-state index in [0.29, 0.717) is 0 Å². The molecule has 2 heteroatoms. The lowest BCUT2D eigenvalue weighted by Crippen LogP contribution is -1.99. The number of para-hydroxylation sites is 2. The molecule has 0 spiro atoms. The Balaban J connectivity index is 1.78. The molecular formula is C14H14N2. The third-order valence-electron chi connectivity index (χ3n) is 3.44. The van der Waals surface area contributed by atoms with Gasteiger partial charge in [0.1, 0.15) is 5.82 Å². The molecule has 16 heavy (non-hydrogen) atoms. The number of benzene rings is 1. The van der Waals surface area contributed by atoms with Crippen molar-refractivity contribution >= 4 is 11.0 Å². The summed E-state index contributed by atoms with van der Waals surface area (Å²) >= 11 is 0. The molecular weight excluding hydrogens is 196 g/mol. The van der Waals surface area contributed by atoms with E-state index in [1.807, 2.05) is 18.2 Å². The van der Waals surface area contributed by atoms with E-state index in [9.17, 15) is 0 Å². The molecule has 1 saturated carbocycles. The Bertz CT molecular complexity index is 522. The summed E-state index contributed by atoms with van der Waals surface area (Å²) in [5.41, 5.74) is 2.35. The van der Waals surface area contributed by atoms with Gasteiger partial charge >= 0.3 is 0 Å². The zero-order valence-corrected chi connectivity index (χ0v) is 9.16. The summed E-state index contributed by atoms with van der Waals surface area (Å²) in [7, 11) is 0. The van der Waals surface area contributed by atoms with Crippen LogP contribution in [0.1, 0.15) is 25.1 Å². The lowest BCUT2D eigenvalue weighted by molar-refractivity contribution is 0.595. The molecule has 0 unspecified atom stereocenters. The Labute approximate surface area is 95.1 Å². The van der Waals surface area contributed by atoms with Crippen molar-refractivity contribution in [1.82, 2.24) is 9.97 Å². The van der Waals surface area contributed by atoms with Crippen molar-refractivity contribution in [1.29, 1.82) is 0 Å². The first-order chi connectivity index (χ1) is 7.81. The number of aromatic nitrogens is 2. The maximum absolute atomic E-state index is 5.53. The fraction of sp³-hybridized carbons (Fsp3) is 0.357. The highest BCUT2D eigenvalue weighted by atomic mass is 14.9. The van der Waals surface area contributed by atoms with Gasteiger partial charge in [-0.3, -0.25) is 0 Å². The van der Waals surface area contributed by atoms with E-state index in [-0.39, 0.29) is 5.41 Å². The van der Waals surface area contributed by atoms with Gasteiger partial charge in [0.05, 0.1) is 11.0 Å². The molecule has 1 fully saturated rings. The molecule has 1 aromatic heterocycles. The normalized spacial score (nSPS) is 17.2. The third-order valence-corrected chi connectivity index (χ3v) is 3.44. The van der Waals surface area contributed by atoms with Crippen LogP contribution in [-0.2, 0) is 6.42 Å². The van der Waals surface area contributed by atoms with E-state index in [1.54, 1.807) is 0 Å². The Morgan fingerprint density at radius 3 is 2.88 bits per heavy atom. The largest absolute Gasteiger partial charge is 0.342 e. The molecule has 1 N–H and O–H groups in total. The van der Waals surface area contributed by atoms with E-state index < -0.39 is 0 Å². The second kappa shape index (κ2) is 3.38. The first kappa shape index (κ1) is 9.47. The van der Waals surface area contributed by atoms with Gasteiger partial charge in [0.25, 0.3) is 0 Å². The van der Waals surface area contributed by atoms with Gasteiger partial charge in [-0.05, 0) is 31.4 Å². The highest BCUT2D eigenvalue weighted by molar-refractivity contribution is 5.74. The van der Waals surface area contributed by atoms with Crippen LogP contribution >= 0.6 is 0 Å². The van der Waals surface area contributed by atoms with Crippen LogP contribution in [0.3, 0.4) is 0 Å². The van der Waals surface area contributed by atoms with Crippen molar-refractivity contribution in [3.05, 3.63) is 30.1 Å². The molecule has 0 saturated heterocycles. The van der Waals surface area contributed by atoms with Crippen LogP contribution in [0.2, 0.25) is 0 Å². The van der Waals surface area contributed by atoms with Crippen LogP contribution in [0.15, 0.2) is 24.3 Å². The second-order valence-electron chi connectivity index (χ2n) is 4.63. The number of hydrogen-bond donors (Lipinski definition) is 1. The number of aromatic amines is 1. The quantitative estimate of drug-likeness (QED) is 0.775. The van der Waals surface area contributed by atoms with Gasteiger partial charge in [0, 0.05) is 11.8 Å². The number of aryl methyl sites for hydroxylation is 1.